The van der Waals surface area contributed by atoms with Crippen molar-refractivity contribution < 1.29 is 8.42 Å². The van der Waals surface area contributed by atoms with E-state index in [2.05, 4.69) is 40.2 Å². The molecule has 0 N–H and O–H groups in total. The van der Waals surface area contributed by atoms with E-state index in [0.717, 1.165) is 19.3 Å². The molecule has 0 aromatic heterocycles. The quantitative estimate of drug-likeness (QED) is 0.613. The third-order valence-electron chi connectivity index (χ3n) is 3.88. The zero-order valence-corrected chi connectivity index (χ0v) is 13.7. The normalized spacial score (nSPS) is 23.7. The topological polar surface area (TPSA) is 34.1 Å². The summed E-state index contributed by atoms with van der Waals surface area (Å²) in [7, 11) is -2.83. The summed E-state index contributed by atoms with van der Waals surface area (Å²) in [5.41, 5.74) is 2.83. The smallest absolute Gasteiger partial charge is 0.147 e. The first-order valence-corrected chi connectivity index (χ1v) is 9.84. The van der Waals surface area contributed by atoms with Crippen LogP contribution in [0.1, 0.15) is 41.6 Å². The molecular formula is C15H21BrO2S. The van der Waals surface area contributed by atoms with E-state index in [4.69, 9.17) is 0 Å². The number of halogens is 1. The number of benzene rings is 1. The van der Waals surface area contributed by atoms with Crippen LogP contribution in [0, 0.1) is 5.92 Å². The fourth-order valence-electron chi connectivity index (χ4n) is 2.88. The first-order valence-electron chi connectivity index (χ1n) is 6.87. The van der Waals surface area contributed by atoms with Gasteiger partial charge in [0, 0.05) is 16.8 Å². The van der Waals surface area contributed by atoms with Crippen LogP contribution in [0.3, 0.4) is 0 Å². The second kappa shape index (κ2) is 6.40. The molecule has 0 spiro atoms. The molecule has 1 aliphatic carbocycles. The second-order valence-electron chi connectivity index (χ2n) is 5.52. The maximum absolute atomic E-state index is 11.2. The van der Waals surface area contributed by atoms with E-state index in [0.29, 0.717) is 16.5 Å². The predicted molar refractivity (Wildman–Crippen MR) is 83.5 cm³/mol. The van der Waals surface area contributed by atoms with Gasteiger partial charge in [-0.2, -0.15) is 0 Å². The standard InChI is InChI=1S/C15H21BrO2S/c1-19(17,18)11-5-9-13-8-4-7-12-6-2-3-10-14(12)15(13)16/h2-3,6,10,13,15H,4-5,7-9,11H2,1H3. The molecule has 0 heterocycles. The molecular weight excluding hydrogens is 324 g/mol. The van der Waals surface area contributed by atoms with Crippen LogP contribution in [0.2, 0.25) is 0 Å². The molecule has 0 bridgehead atoms. The molecule has 2 rings (SSSR count). The summed E-state index contributed by atoms with van der Waals surface area (Å²) in [5, 5.41) is 0. The minimum Gasteiger partial charge on any atom is -0.229 e. The molecule has 1 aromatic carbocycles. The lowest BCUT2D eigenvalue weighted by molar-refractivity contribution is 0.438. The summed E-state index contributed by atoms with van der Waals surface area (Å²) in [6.07, 6.45) is 6.59. The summed E-state index contributed by atoms with van der Waals surface area (Å²) in [4.78, 5) is 0.366. The zero-order chi connectivity index (χ0) is 13.9. The fraction of sp³-hybridized carbons (Fsp3) is 0.600. The van der Waals surface area contributed by atoms with Gasteiger partial charge in [-0.1, -0.05) is 40.2 Å². The van der Waals surface area contributed by atoms with Crippen LogP contribution in [0.15, 0.2) is 24.3 Å². The molecule has 4 heteroatoms. The monoisotopic (exact) mass is 344 g/mol. The molecule has 106 valence electrons. The van der Waals surface area contributed by atoms with E-state index in [-0.39, 0.29) is 0 Å². The maximum Gasteiger partial charge on any atom is 0.147 e. The first-order chi connectivity index (χ1) is 8.97. The van der Waals surface area contributed by atoms with Gasteiger partial charge in [-0.25, -0.2) is 8.42 Å². The molecule has 0 saturated heterocycles. The third-order valence-corrected chi connectivity index (χ3v) is 6.15. The number of alkyl halides is 1. The van der Waals surface area contributed by atoms with E-state index < -0.39 is 9.84 Å². The molecule has 2 unspecified atom stereocenters. The van der Waals surface area contributed by atoms with Crippen molar-refractivity contribution >= 4 is 25.8 Å². The minimum absolute atomic E-state index is 0.310. The van der Waals surface area contributed by atoms with Crippen molar-refractivity contribution in [2.75, 3.05) is 12.0 Å². The molecule has 1 aliphatic rings. The van der Waals surface area contributed by atoms with Gasteiger partial charge >= 0.3 is 0 Å². The Morgan fingerprint density at radius 1 is 1.32 bits per heavy atom. The van der Waals surface area contributed by atoms with Gasteiger partial charge in [0.15, 0.2) is 0 Å². The largest absolute Gasteiger partial charge is 0.229 e. The minimum atomic E-state index is -2.83. The maximum atomic E-state index is 11.2. The van der Waals surface area contributed by atoms with Crippen LogP contribution in [0.25, 0.3) is 0 Å². The Hall–Kier alpha value is -0.350. The SMILES string of the molecule is CS(=O)(=O)CCCC1CCCc2ccccc2C1Br. The van der Waals surface area contributed by atoms with E-state index in [1.165, 1.54) is 30.2 Å². The van der Waals surface area contributed by atoms with Crippen molar-refractivity contribution in [2.45, 2.75) is 36.9 Å². The van der Waals surface area contributed by atoms with Crippen LogP contribution in [-0.4, -0.2) is 20.4 Å². The third kappa shape index (κ3) is 4.32. The van der Waals surface area contributed by atoms with E-state index >= 15 is 0 Å². The Morgan fingerprint density at radius 3 is 2.79 bits per heavy atom. The molecule has 1 aromatic rings. The van der Waals surface area contributed by atoms with Gasteiger partial charge in [-0.3, -0.25) is 0 Å². The number of sulfone groups is 1. The molecule has 19 heavy (non-hydrogen) atoms. The lowest BCUT2D eigenvalue weighted by atomic mass is 9.93. The lowest BCUT2D eigenvalue weighted by Gasteiger charge is -2.21. The van der Waals surface area contributed by atoms with Crippen molar-refractivity contribution in [3.8, 4) is 0 Å². The summed E-state index contributed by atoms with van der Waals surface area (Å²) in [6.45, 7) is 0. The van der Waals surface area contributed by atoms with Gasteiger partial charge in [0.05, 0.1) is 0 Å². The predicted octanol–water partition coefficient (Wildman–Crippen LogP) is 3.90. The lowest BCUT2D eigenvalue weighted by Crippen LogP contribution is -2.10. The van der Waals surface area contributed by atoms with Crippen molar-refractivity contribution in [2.24, 2.45) is 5.92 Å². The van der Waals surface area contributed by atoms with Gasteiger partial charge in [0.25, 0.3) is 0 Å². The van der Waals surface area contributed by atoms with Crippen LogP contribution in [0.4, 0.5) is 0 Å². The van der Waals surface area contributed by atoms with Crippen molar-refractivity contribution in [3.63, 3.8) is 0 Å². The van der Waals surface area contributed by atoms with Gasteiger partial charge in [0.1, 0.15) is 9.84 Å². The highest BCUT2D eigenvalue weighted by Gasteiger charge is 2.25. The summed E-state index contributed by atoms with van der Waals surface area (Å²) >= 11 is 3.83. The second-order valence-corrected chi connectivity index (χ2v) is 8.77. The number of aryl methyl sites for hydroxylation is 1. The highest BCUT2D eigenvalue weighted by Crippen LogP contribution is 2.41. The highest BCUT2D eigenvalue weighted by molar-refractivity contribution is 9.09. The van der Waals surface area contributed by atoms with Gasteiger partial charge < -0.3 is 0 Å². The van der Waals surface area contributed by atoms with E-state index in [9.17, 15) is 8.42 Å². The molecule has 0 radical (unpaired) electrons. The van der Waals surface area contributed by atoms with Crippen LogP contribution >= 0.6 is 15.9 Å². The average molecular weight is 345 g/mol. The highest BCUT2D eigenvalue weighted by atomic mass is 79.9. The van der Waals surface area contributed by atoms with Crippen LogP contribution < -0.4 is 0 Å². The fourth-order valence-corrected chi connectivity index (χ4v) is 4.55. The molecule has 2 nitrogen and oxygen atoms in total. The molecule has 2 atom stereocenters. The Kier molecular flexibility index (Phi) is 5.07. The van der Waals surface area contributed by atoms with Crippen molar-refractivity contribution in [3.05, 3.63) is 35.4 Å². The summed E-state index contributed by atoms with van der Waals surface area (Å²) < 4.78 is 22.4. The molecule has 0 fully saturated rings. The Morgan fingerprint density at radius 2 is 2.05 bits per heavy atom. The Labute approximate surface area is 124 Å². The van der Waals surface area contributed by atoms with E-state index in [1.807, 2.05) is 0 Å². The molecule has 0 aliphatic heterocycles. The van der Waals surface area contributed by atoms with Gasteiger partial charge in [-0.15, -0.1) is 0 Å². The number of rotatable bonds is 4. The number of hydrogen-bond acceptors (Lipinski definition) is 2. The number of hydrogen-bond donors (Lipinski definition) is 0. The Bertz CT molecular complexity index is 525. The van der Waals surface area contributed by atoms with Gasteiger partial charge in [0.2, 0.25) is 0 Å². The van der Waals surface area contributed by atoms with Crippen LogP contribution in [0.5, 0.6) is 0 Å². The summed E-state index contributed by atoms with van der Waals surface area (Å²) in [5.74, 6) is 0.857. The van der Waals surface area contributed by atoms with Crippen LogP contribution in [-0.2, 0) is 16.3 Å². The average Bonchev–Trinajstić information content (AvgIpc) is 2.49. The summed E-state index contributed by atoms with van der Waals surface area (Å²) in [6, 6.07) is 8.60. The molecule has 0 saturated carbocycles. The first kappa shape index (κ1) is 15.0. The van der Waals surface area contributed by atoms with E-state index in [1.54, 1.807) is 0 Å². The van der Waals surface area contributed by atoms with Gasteiger partial charge in [-0.05, 0) is 49.1 Å². The zero-order valence-electron chi connectivity index (χ0n) is 11.3. The number of fused-ring (bicyclic) bond motifs is 1. The Balaban J connectivity index is 2.03. The molecule has 0 amide bonds. The van der Waals surface area contributed by atoms with Crippen molar-refractivity contribution in [1.82, 2.24) is 0 Å². The van der Waals surface area contributed by atoms with Crippen molar-refractivity contribution in [1.29, 1.82) is 0 Å².